The van der Waals surface area contributed by atoms with Crippen LogP contribution >= 0.6 is 0 Å². The van der Waals surface area contributed by atoms with E-state index in [0.717, 1.165) is 11.1 Å². The summed E-state index contributed by atoms with van der Waals surface area (Å²) < 4.78 is 48.3. The third-order valence-corrected chi connectivity index (χ3v) is 7.53. The number of anilines is 1. The monoisotopic (exact) mass is 564 g/mol. The molecule has 13 heteroatoms. The summed E-state index contributed by atoms with van der Waals surface area (Å²) >= 11 is 0. The maximum Gasteiger partial charge on any atom is 0.296 e. The van der Waals surface area contributed by atoms with E-state index in [4.69, 9.17) is 23.1 Å². The molecule has 5 aromatic rings. The van der Waals surface area contributed by atoms with Crippen molar-refractivity contribution in [3.63, 3.8) is 0 Å². The molecule has 3 heterocycles. The number of oxazole rings is 1. The molecule has 0 radical (unpaired) electrons. The Morgan fingerprint density at radius 1 is 1.02 bits per heavy atom. The van der Waals surface area contributed by atoms with Crippen LogP contribution in [0.1, 0.15) is 22.5 Å². The fourth-order valence-corrected chi connectivity index (χ4v) is 4.95. The Morgan fingerprint density at radius 2 is 1.82 bits per heavy atom. The number of nitrogens with one attached hydrogen (secondary N) is 1. The van der Waals surface area contributed by atoms with Gasteiger partial charge in [0, 0.05) is 30.2 Å². The number of fused-ring (bicyclic) bond motifs is 1. The Labute approximate surface area is 231 Å². The molecule has 3 aromatic heterocycles. The summed E-state index contributed by atoms with van der Waals surface area (Å²) in [7, 11) is -0.728. The van der Waals surface area contributed by atoms with E-state index in [1.807, 2.05) is 26.0 Å². The first kappa shape index (κ1) is 27.1. The summed E-state index contributed by atoms with van der Waals surface area (Å²) in [6.45, 7) is 3.95. The van der Waals surface area contributed by atoms with Crippen LogP contribution in [-0.4, -0.2) is 53.8 Å². The zero-order chi connectivity index (χ0) is 28.3. The van der Waals surface area contributed by atoms with Gasteiger partial charge in [-0.2, -0.15) is 12.9 Å². The number of nitrogens with zero attached hydrogens (tertiary/aromatic N) is 5. The lowest BCUT2D eigenvalue weighted by Crippen LogP contribution is -2.11. The first-order valence-corrected chi connectivity index (χ1v) is 13.8. The van der Waals surface area contributed by atoms with Gasteiger partial charge in [-0.3, -0.25) is 4.18 Å². The van der Waals surface area contributed by atoms with E-state index in [-0.39, 0.29) is 17.9 Å². The largest absolute Gasteiger partial charge is 0.497 e. The molecule has 1 N–H and O–H groups in total. The maximum atomic E-state index is 12.6. The molecule has 208 valence electrons. The molecule has 0 bridgehead atoms. The van der Waals surface area contributed by atoms with E-state index in [1.165, 1.54) is 24.6 Å². The van der Waals surface area contributed by atoms with Crippen LogP contribution in [0.2, 0.25) is 0 Å². The van der Waals surface area contributed by atoms with Crippen molar-refractivity contribution < 1.29 is 26.5 Å². The first-order valence-electron chi connectivity index (χ1n) is 12.4. The zero-order valence-corrected chi connectivity index (χ0v) is 23.2. The average molecular weight is 565 g/mol. The number of aromatic nitrogens is 5. The van der Waals surface area contributed by atoms with Crippen molar-refractivity contribution in [3.8, 4) is 23.1 Å². The Balaban J connectivity index is 1.42. The van der Waals surface area contributed by atoms with Crippen molar-refractivity contribution >= 4 is 21.7 Å². The lowest BCUT2D eigenvalue weighted by atomic mass is 10.2. The lowest BCUT2D eigenvalue weighted by Gasteiger charge is -2.13. The highest BCUT2D eigenvalue weighted by Crippen LogP contribution is 2.28. The second-order valence-electron chi connectivity index (χ2n) is 8.88. The predicted molar refractivity (Wildman–Crippen MR) is 146 cm³/mol. The van der Waals surface area contributed by atoms with Crippen LogP contribution in [0.25, 0.3) is 17.2 Å². The molecule has 40 heavy (non-hydrogen) atoms. The zero-order valence-electron chi connectivity index (χ0n) is 22.4. The minimum atomic E-state index is -3.91. The Bertz CT molecular complexity index is 1730. The maximum absolute atomic E-state index is 12.6. The SMILES string of the molecule is COc1ccc(CNc2nc(-c3ncco3)c(C)c3nc(CCOS(=O)(=O)c4ccc(C)cc4)nn23)c(OC)c1. The number of methoxy groups -OCH3 is 2. The van der Waals surface area contributed by atoms with Gasteiger partial charge in [-0.1, -0.05) is 17.7 Å². The minimum Gasteiger partial charge on any atom is -0.497 e. The third kappa shape index (κ3) is 5.60. The van der Waals surface area contributed by atoms with Gasteiger partial charge in [-0.15, -0.1) is 5.10 Å². The highest BCUT2D eigenvalue weighted by Gasteiger charge is 2.21. The summed E-state index contributed by atoms with van der Waals surface area (Å²) in [5, 5.41) is 7.88. The van der Waals surface area contributed by atoms with Gasteiger partial charge in [0.15, 0.2) is 11.5 Å². The van der Waals surface area contributed by atoms with Gasteiger partial charge in [0.05, 0.1) is 31.9 Å². The molecule has 0 fully saturated rings. The molecule has 0 aliphatic heterocycles. The quantitative estimate of drug-likeness (QED) is 0.233. The standard InChI is InChI=1S/C27H28N6O6S/c1-17-5-9-21(10-6-17)40(34,35)39-13-11-23-30-25-18(2)24(26-28-12-14-38-26)31-27(33(25)32-23)29-16-19-7-8-20(36-3)15-22(19)37-4/h5-10,12,14-15H,11,13,16H2,1-4H3,(H,29,31). The van der Waals surface area contributed by atoms with Gasteiger partial charge in [0.2, 0.25) is 11.8 Å². The molecule has 0 saturated carbocycles. The van der Waals surface area contributed by atoms with Crippen molar-refractivity contribution in [3.05, 3.63) is 77.4 Å². The van der Waals surface area contributed by atoms with Crippen molar-refractivity contribution in [2.45, 2.75) is 31.7 Å². The van der Waals surface area contributed by atoms with E-state index >= 15 is 0 Å². The number of hydrogen-bond donors (Lipinski definition) is 1. The van der Waals surface area contributed by atoms with Crippen LogP contribution in [0.3, 0.4) is 0 Å². The fraction of sp³-hybridized carbons (Fsp3) is 0.259. The third-order valence-electron chi connectivity index (χ3n) is 6.20. The van der Waals surface area contributed by atoms with Gasteiger partial charge in [0.1, 0.15) is 23.5 Å². The van der Waals surface area contributed by atoms with Crippen LogP contribution in [0.15, 0.2) is 64.2 Å². The lowest BCUT2D eigenvalue weighted by molar-refractivity contribution is 0.319. The second kappa shape index (κ2) is 11.3. The van der Waals surface area contributed by atoms with E-state index in [0.29, 0.717) is 52.6 Å². The highest BCUT2D eigenvalue weighted by atomic mass is 32.2. The van der Waals surface area contributed by atoms with Gasteiger partial charge >= 0.3 is 0 Å². The van der Waals surface area contributed by atoms with E-state index in [2.05, 4.69) is 20.4 Å². The number of benzene rings is 2. The summed E-state index contributed by atoms with van der Waals surface area (Å²) in [6.07, 6.45) is 3.17. The van der Waals surface area contributed by atoms with Crippen LogP contribution in [0.4, 0.5) is 5.95 Å². The van der Waals surface area contributed by atoms with Crippen LogP contribution in [0, 0.1) is 13.8 Å². The normalized spacial score (nSPS) is 11.6. The minimum absolute atomic E-state index is 0.0946. The van der Waals surface area contributed by atoms with Gasteiger partial charge in [-0.05, 0) is 38.1 Å². The Kier molecular flexibility index (Phi) is 7.67. The van der Waals surface area contributed by atoms with Gasteiger partial charge in [0.25, 0.3) is 10.1 Å². The average Bonchev–Trinajstić information content (AvgIpc) is 3.64. The smallest absolute Gasteiger partial charge is 0.296 e. The van der Waals surface area contributed by atoms with Crippen molar-refractivity contribution in [1.82, 2.24) is 24.6 Å². The number of hydrogen-bond acceptors (Lipinski definition) is 11. The second-order valence-corrected chi connectivity index (χ2v) is 10.5. The topological polar surface area (TPSA) is 143 Å². The molecule has 0 unspecified atom stereocenters. The molecule has 0 aliphatic rings. The Hall–Kier alpha value is -4.49. The molecule has 2 aromatic carbocycles. The molecule has 0 spiro atoms. The predicted octanol–water partition coefficient (Wildman–Crippen LogP) is 3.97. The molecule has 0 atom stereocenters. The molecule has 0 aliphatic carbocycles. The summed E-state index contributed by atoms with van der Waals surface area (Å²) in [4.78, 5) is 13.7. The van der Waals surface area contributed by atoms with Crippen LogP contribution < -0.4 is 14.8 Å². The molecule has 5 rings (SSSR count). The molecule has 0 amide bonds. The van der Waals surface area contributed by atoms with Gasteiger partial charge < -0.3 is 19.2 Å². The Morgan fingerprint density at radius 3 is 2.52 bits per heavy atom. The number of rotatable bonds is 11. The van der Waals surface area contributed by atoms with E-state index in [1.54, 1.807) is 36.9 Å². The van der Waals surface area contributed by atoms with Crippen molar-refractivity contribution in [2.75, 3.05) is 26.1 Å². The van der Waals surface area contributed by atoms with Crippen molar-refractivity contribution in [2.24, 2.45) is 0 Å². The molecule has 0 saturated heterocycles. The van der Waals surface area contributed by atoms with E-state index in [9.17, 15) is 8.42 Å². The molecule has 12 nitrogen and oxygen atoms in total. The first-order chi connectivity index (χ1) is 19.3. The van der Waals surface area contributed by atoms with Gasteiger partial charge in [-0.25, -0.2) is 15.0 Å². The summed E-state index contributed by atoms with van der Waals surface area (Å²) in [5.41, 5.74) is 3.53. The van der Waals surface area contributed by atoms with E-state index < -0.39 is 10.1 Å². The highest BCUT2D eigenvalue weighted by molar-refractivity contribution is 7.86. The van der Waals surface area contributed by atoms with Crippen LogP contribution in [0.5, 0.6) is 11.5 Å². The molecular weight excluding hydrogens is 536 g/mol. The summed E-state index contributed by atoms with van der Waals surface area (Å²) in [5.74, 6) is 2.43. The summed E-state index contributed by atoms with van der Waals surface area (Å²) in [6, 6.07) is 12.0. The number of aryl methyl sites for hydroxylation is 2. The number of ether oxygens (including phenoxy) is 2. The fourth-order valence-electron chi connectivity index (χ4n) is 4.04. The van der Waals surface area contributed by atoms with Crippen LogP contribution in [-0.2, 0) is 27.3 Å². The van der Waals surface area contributed by atoms with Crippen molar-refractivity contribution in [1.29, 1.82) is 0 Å². The molecular formula is C27H28N6O6S.